The number of hydrogen-bond donors (Lipinski definition) is 0. The van der Waals surface area contributed by atoms with E-state index in [4.69, 9.17) is 4.74 Å². The van der Waals surface area contributed by atoms with E-state index in [9.17, 15) is 18.0 Å². The van der Waals surface area contributed by atoms with Crippen LogP contribution >= 0.6 is 0 Å². The molecule has 2 aliphatic heterocycles. The van der Waals surface area contributed by atoms with E-state index >= 15 is 0 Å². The largest absolute Gasteiger partial charge is 0.446 e. The first kappa shape index (κ1) is 23.3. The molecule has 1 aromatic carbocycles. The molecule has 0 unspecified atom stereocenters. The molecule has 3 heterocycles. The molecule has 2 aromatic rings. The number of piperidine rings is 1. The molecular formula is C23H28F3N5O2. The van der Waals surface area contributed by atoms with E-state index in [0.717, 1.165) is 44.9 Å². The Kier molecular flexibility index (Phi) is 7.02. The van der Waals surface area contributed by atoms with Crippen molar-refractivity contribution in [3.05, 3.63) is 53.9 Å². The maximum Gasteiger partial charge on any atom is 0.419 e. The normalized spacial score (nSPS) is 20.7. The van der Waals surface area contributed by atoms with Gasteiger partial charge in [0.15, 0.2) is 0 Å². The van der Waals surface area contributed by atoms with Gasteiger partial charge in [0.1, 0.15) is 6.10 Å². The van der Waals surface area contributed by atoms with Crippen LogP contribution in [0.4, 0.5) is 23.9 Å². The fraction of sp³-hybridized carbons (Fsp3) is 0.522. The highest BCUT2D eigenvalue weighted by Crippen LogP contribution is 2.29. The molecule has 1 aromatic heterocycles. The van der Waals surface area contributed by atoms with Gasteiger partial charge < -0.3 is 14.5 Å². The summed E-state index contributed by atoms with van der Waals surface area (Å²) >= 11 is 0. The van der Waals surface area contributed by atoms with Gasteiger partial charge in [-0.15, -0.1) is 0 Å². The minimum Gasteiger partial charge on any atom is -0.446 e. The fourth-order valence-corrected chi connectivity index (χ4v) is 4.28. The number of rotatable bonds is 4. The molecule has 33 heavy (non-hydrogen) atoms. The number of carbonyl (C=O) groups is 1. The van der Waals surface area contributed by atoms with Crippen LogP contribution in [0.3, 0.4) is 0 Å². The number of ether oxygens (including phenoxy) is 1. The van der Waals surface area contributed by atoms with Gasteiger partial charge in [0.2, 0.25) is 5.95 Å². The number of aromatic nitrogens is 2. The summed E-state index contributed by atoms with van der Waals surface area (Å²) in [6.07, 6.45) is -1.72. The first-order valence-corrected chi connectivity index (χ1v) is 11.2. The number of anilines is 1. The zero-order valence-electron chi connectivity index (χ0n) is 18.5. The fourth-order valence-electron chi connectivity index (χ4n) is 4.28. The smallest absolute Gasteiger partial charge is 0.419 e. The van der Waals surface area contributed by atoms with Crippen LogP contribution in [0.5, 0.6) is 0 Å². The first-order chi connectivity index (χ1) is 15.8. The number of carbonyl (C=O) groups excluding carboxylic acids is 1. The third-order valence-electron chi connectivity index (χ3n) is 6.16. The van der Waals surface area contributed by atoms with Gasteiger partial charge in [0.05, 0.1) is 5.56 Å². The summed E-state index contributed by atoms with van der Waals surface area (Å²) in [7, 11) is 0. The lowest BCUT2D eigenvalue weighted by Gasteiger charge is -2.40. The molecule has 0 bridgehead atoms. The quantitative estimate of drug-likeness (QED) is 0.687. The molecule has 178 valence electrons. The number of benzene rings is 1. The summed E-state index contributed by atoms with van der Waals surface area (Å²) in [6.45, 7) is 5.77. The summed E-state index contributed by atoms with van der Waals surface area (Å²) in [5.74, 6) is 0.231. The molecule has 1 atom stereocenters. The molecule has 10 heteroatoms. The van der Waals surface area contributed by atoms with Crippen molar-refractivity contribution in [3.8, 4) is 0 Å². The molecule has 0 radical (unpaired) electrons. The Morgan fingerprint density at radius 2 is 1.73 bits per heavy atom. The number of amides is 1. The van der Waals surface area contributed by atoms with Crippen molar-refractivity contribution in [2.75, 3.05) is 37.6 Å². The Hall–Kier alpha value is -2.88. The first-order valence-electron chi connectivity index (χ1n) is 11.2. The van der Waals surface area contributed by atoms with E-state index in [1.165, 1.54) is 5.56 Å². The second-order valence-electron chi connectivity index (χ2n) is 8.60. The number of hydrogen-bond acceptors (Lipinski definition) is 6. The maximum atomic E-state index is 12.7. The van der Waals surface area contributed by atoms with Crippen molar-refractivity contribution >= 4 is 12.0 Å². The summed E-state index contributed by atoms with van der Waals surface area (Å²) in [6, 6.07) is 10.2. The molecule has 0 spiro atoms. The van der Waals surface area contributed by atoms with E-state index < -0.39 is 11.7 Å². The topological polar surface area (TPSA) is 61.8 Å². The van der Waals surface area contributed by atoms with Gasteiger partial charge in [0.25, 0.3) is 0 Å². The predicted molar refractivity (Wildman–Crippen MR) is 117 cm³/mol. The second kappa shape index (κ2) is 9.94. The molecule has 2 fully saturated rings. The monoisotopic (exact) mass is 463 g/mol. The zero-order valence-corrected chi connectivity index (χ0v) is 18.5. The Morgan fingerprint density at radius 1 is 1.06 bits per heavy atom. The van der Waals surface area contributed by atoms with Crippen LogP contribution in [0.25, 0.3) is 0 Å². The zero-order chi connectivity index (χ0) is 23.4. The molecule has 0 N–H and O–H groups in total. The van der Waals surface area contributed by atoms with Crippen LogP contribution in [-0.2, 0) is 17.5 Å². The minimum atomic E-state index is -4.47. The molecular weight excluding hydrogens is 435 g/mol. The summed E-state index contributed by atoms with van der Waals surface area (Å²) in [5, 5.41) is 0. The van der Waals surface area contributed by atoms with Crippen molar-refractivity contribution in [3.63, 3.8) is 0 Å². The van der Waals surface area contributed by atoms with Crippen LogP contribution in [0.1, 0.15) is 30.9 Å². The molecule has 2 aliphatic rings. The van der Waals surface area contributed by atoms with Gasteiger partial charge in [-0.25, -0.2) is 14.8 Å². The van der Waals surface area contributed by atoms with Crippen molar-refractivity contribution in [2.24, 2.45) is 0 Å². The van der Waals surface area contributed by atoms with Gasteiger partial charge in [-0.2, -0.15) is 13.2 Å². The Balaban J connectivity index is 1.24. The van der Waals surface area contributed by atoms with Crippen LogP contribution in [0, 0.1) is 0 Å². The van der Waals surface area contributed by atoms with Gasteiger partial charge in [-0.05, 0) is 25.3 Å². The Morgan fingerprint density at radius 3 is 2.33 bits per heavy atom. The summed E-state index contributed by atoms with van der Waals surface area (Å²) in [4.78, 5) is 26.3. The number of piperazine rings is 1. The van der Waals surface area contributed by atoms with Gasteiger partial charge in [-0.1, -0.05) is 30.3 Å². The van der Waals surface area contributed by atoms with E-state index in [1.54, 1.807) is 4.90 Å². The van der Waals surface area contributed by atoms with Gasteiger partial charge in [-0.3, -0.25) is 4.90 Å². The van der Waals surface area contributed by atoms with Crippen molar-refractivity contribution in [1.82, 2.24) is 19.8 Å². The number of likely N-dealkylation sites (tertiary alicyclic amines) is 1. The molecule has 1 amide bonds. The number of alkyl halides is 3. The lowest BCUT2D eigenvalue weighted by Crippen LogP contribution is -2.55. The molecule has 2 saturated heterocycles. The average Bonchev–Trinajstić information content (AvgIpc) is 2.80. The third kappa shape index (κ3) is 5.93. The van der Waals surface area contributed by atoms with Crippen molar-refractivity contribution in [1.29, 1.82) is 0 Å². The molecule has 4 rings (SSSR count). The second-order valence-corrected chi connectivity index (χ2v) is 8.60. The summed E-state index contributed by atoms with van der Waals surface area (Å²) < 4.78 is 44.0. The Labute approximate surface area is 191 Å². The number of nitrogens with zero attached hydrogens (tertiary/aromatic N) is 5. The van der Waals surface area contributed by atoms with Crippen molar-refractivity contribution < 1.29 is 22.7 Å². The van der Waals surface area contributed by atoms with E-state index in [-0.39, 0.29) is 24.2 Å². The summed E-state index contributed by atoms with van der Waals surface area (Å²) in [5.41, 5.74) is 0.396. The Bertz CT molecular complexity index is 918. The standard InChI is InChI=1S/C23H28F3N5O2/c1-17-15-30(11-12-31(17)21-27-13-19(14-28-21)23(24,25)26)22(32)33-20-7-9-29(10-8-20)16-18-5-3-2-4-6-18/h2-6,13-14,17,20H,7-12,15-16H2,1H3/t17-/m0/s1. The van der Waals surface area contributed by atoms with E-state index in [2.05, 4.69) is 27.0 Å². The van der Waals surface area contributed by atoms with E-state index in [1.807, 2.05) is 30.0 Å². The highest BCUT2D eigenvalue weighted by atomic mass is 19.4. The third-order valence-corrected chi connectivity index (χ3v) is 6.16. The molecule has 0 saturated carbocycles. The van der Waals surface area contributed by atoms with Crippen molar-refractivity contribution in [2.45, 2.75) is 44.6 Å². The highest BCUT2D eigenvalue weighted by Gasteiger charge is 2.34. The van der Waals surface area contributed by atoms with Crippen LogP contribution < -0.4 is 4.90 Å². The lowest BCUT2D eigenvalue weighted by atomic mass is 10.1. The molecule has 7 nitrogen and oxygen atoms in total. The van der Waals surface area contributed by atoms with Crippen LogP contribution in [0.2, 0.25) is 0 Å². The highest BCUT2D eigenvalue weighted by molar-refractivity contribution is 5.68. The predicted octanol–water partition coefficient (Wildman–Crippen LogP) is 3.81. The van der Waals surface area contributed by atoms with Crippen LogP contribution in [0.15, 0.2) is 42.7 Å². The van der Waals surface area contributed by atoms with Gasteiger partial charge >= 0.3 is 12.3 Å². The van der Waals surface area contributed by atoms with E-state index in [0.29, 0.717) is 19.6 Å². The lowest BCUT2D eigenvalue weighted by molar-refractivity contribution is -0.138. The SMILES string of the molecule is C[C@H]1CN(C(=O)OC2CCN(Cc3ccccc3)CC2)CCN1c1ncc(C(F)(F)F)cn1. The van der Waals surface area contributed by atoms with Crippen LogP contribution in [-0.4, -0.2) is 70.7 Å². The maximum absolute atomic E-state index is 12.7. The van der Waals surface area contributed by atoms with Gasteiger partial charge in [0, 0.05) is 57.7 Å². The minimum absolute atomic E-state index is 0.101. The average molecular weight is 464 g/mol. The number of halogens is 3. The molecule has 0 aliphatic carbocycles.